The Kier molecular flexibility index (Phi) is 3.08. The molecular weight excluding hydrogens is 242 g/mol. The molecule has 1 heteroatoms. The van der Waals surface area contributed by atoms with Gasteiger partial charge in [-0.3, -0.25) is 4.90 Å². The van der Waals surface area contributed by atoms with Gasteiger partial charge in [-0.2, -0.15) is 0 Å². The van der Waals surface area contributed by atoms with E-state index in [0.717, 1.165) is 5.92 Å². The molecule has 0 amide bonds. The van der Waals surface area contributed by atoms with E-state index in [-0.39, 0.29) is 0 Å². The van der Waals surface area contributed by atoms with Gasteiger partial charge in [-0.1, -0.05) is 54.6 Å². The third-order valence-electron chi connectivity index (χ3n) is 4.59. The van der Waals surface area contributed by atoms with Crippen LogP contribution in [0.2, 0.25) is 0 Å². The molecule has 2 aromatic rings. The number of piperidine rings is 3. The molecule has 3 aliphatic rings. The van der Waals surface area contributed by atoms with Crippen LogP contribution in [0, 0.1) is 18.4 Å². The maximum atomic E-state index is 2.48. The SMILES string of the molecule is [CH]1[C](c2cccc(-c3ccccc3)c2)C2CCN1CC2. The van der Waals surface area contributed by atoms with Crippen molar-refractivity contribution in [1.29, 1.82) is 0 Å². The summed E-state index contributed by atoms with van der Waals surface area (Å²) in [6.45, 7) is 4.88. The summed E-state index contributed by atoms with van der Waals surface area (Å²) >= 11 is 0. The van der Waals surface area contributed by atoms with Crippen molar-refractivity contribution in [1.82, 2.24) is 4.90 Å². The van der Waals surface area contributed by atoms with Crippen LogP contribution in [-0.2, 0) is 0 Å². The van der Waals surface area contributed by atoms with E-state index in [9.17, 15) is 0 Å². The van der Waals surface area contributed by atoms with Crippen LogP contribution in [0.4, 0.5) is 0 Å². The van der Waals surface area contributed by atoms with Gasteiger partial charge in [0.1, 0.15) is 0 Å². The molecule has 5 rings (SSSR count). The quantitative estimate of drug-likeness (QED) is 0.784. The zero-order valence-electron chi connectivity index (χ0n) is 11.6. The minimum atomic E-state index is 0.769. The monoisotopic (exact) mass is 261 g/mol. The molecule has 2 aromatic carbocycles. The Labute approximate surface area is 121 Å². The molecule has 0 aliphatic carbocycles. The van der Waals surface area contributed by atoms with E-state index in [0.29, 0.717) is 0 Å². The minimum absolute atomic E-state index is 0.769. The van der Waals surface area contributed by atoms with Gasteiger partial charge in [0.15, 0.2) is 0 Å². The summed E-state index contributed by atoms with van der Waals surface area (Å²) in [4.78, 5) is 2.48. The summed E-state index contributed by atoms with van der Waals surface area (Å²) in [7, 11) is 0. The largest absolute Gasteiger partial charge is 0.298 e. The van der Waals surface area contributed by atoms with Gasteiger partial charge in [-0.15, -0.1) is 0 Å². The first-order valence-electron chi connectivity index (χ1n) is 7.52. The zero-order chi connectivity index (χ0) is 13.4. The first-order chi connectivity index (χ1) is 9.90. The van der Waals surface area contributed by atoms with Crippen LogP contribution < -0.4 is 0 Å². The summed E-state index contributed by atoms with van der Waals surface area (Å²) < 4.78 is 0. The highest BCUT2D eigenvalue weighted by atomic mass is 15.1. The number of benzene rings is 2. The predicted octanol–water partition coefficient (Wildman–Crippen LogP) is 4.16. The molecule has 3 fully saturated rings. The first kappa shape index (κ1) is 12.2. The Bertz CT molecular complexity index is 582. The molecule has 0 atom stereocenters. The Hall–Kier alpha value is -1.60. The van der Waals surface area contributed by atoms with E-state index in [2.05, 4.69) is 66.0 Å². The van der Waals surface area contributed by atoms with Crippen molar-refractivity contribution in [2.45, 2.75) is 12.8 Å². The maximum Gasteiger partial charge on any atom is 0.0369 e. The van der Waals surface area contributed by atoms with E-state index in [1.165, 1.54) is 42.6 Å². The summed E-state index contributed by atoms with van der Waals surface area (Å²) in [5.41, 5.74) is 4.03. The molecule has 0 unspecified atom stereocenters. The second kappa shape index (κ2) is 5.06. The summed E-state index contributed by atoms with van der Waals surface area (Å²) in [5, 5.41) is 0. The van der Waals surface area contributed by atoms with Crippen molar-refractivity contribution in [2.24, 2.45) is 5.92 Å². The lowest BCUT2D eigenvalue weighted by Crippen LogP contribution is -2.43. The molecular formula is C19H19N. The minimum Gasteiger partial charge on any atom is -0.298 e. The average molecular weight is 261 g/mol. The Balaban J connectivity index is 1.66. The lowest BCUT2D eigenvalue weighted by molar-refractivity contribution is 0.179. The van der Waals surface area contributed by atoms with E-state index in [4.69, 9.17) is 0 Å². The highest BCUT2D eigenvalue weighted by Crippen LogP contribution is 2.41. The number of rotatable bonds is 2. The van der Waals surface area contributed by atoms with Crippen LogP contribution in [0.1, 0.15) is 18.4 Å². The lowest BCUT2D eigenvalue weighted by Gasteiger charge is -2.44. The summed E-state index contributed by atoms with van der Waals surface area (Å²) in [6, 6.07) is 19.7. The van der Waals surface area contributed by atoms with Crippen LogP contribution in [0.15, 0.2) is 54.6 Å². The number of hydrogen-bond donors (Lipinski definition) is 0. The van der Waals surface area contributed by atoms with Gasteiger partial charge in [0, 0.05) is 12.5 Å². The van der Waals surface area contributed by atoms with E-state index >= 15 is 0 Å². The fourth-order valence-corrected chi connectivity index (χ4v) is 3.46. The van der Waals surface area contributed by atoms with Crippen LogP contribution in [-0.4, -0.2) is 18.0 Å². The van der Waals surface area contributed by atoms with Gasteiger partial charge >= 0.3 is 0 Å². The molecule has 20 heavy (non-hydrogen) atoms. The average Bonchev–Trinajstić information content (AvgIpc) is 2.57. The third-order valence-corrected chi connectivity index (χ3v) is 4.59. The molecule has 0 saturated carbocycles. The molecule has 0 N–H and O–H groups in total. The van der Waals surface area contributed by atoms with E-state index in [1.807, 2.05) is 0 Å². The lowest BCUT2D eigenvalue weighted by atomic mass is 9.75. The second-order valence-corrected chi connectivity index (χ2v) is 5.84. The van der Waals surface area contributed by atoms with Gasteiger partial charge in [0.2, 0.25) is 0 Å². The maximum absolute atomic E-state index is 2.48. The van der Waals surface area contributed by atoms with Gasteiger partial charge < -0.3 is 0 Å². The van der Waals surface area contributed by atoms with E-state index < -0.39 is 0 Å². The second-order valence-electron chi connectivity index (χ2n) is 5.84. The van der Waals surface area contributed by atoms with Crippen molar-refractivity contribution < 1.29 is 0 Å². The number of hydrogen-bond acceptors (Lipinski definition) is 1. The highest BCUT2D eigenvalue weighted by molar-refractivity contribution is 5.65. The zero-order valence-corrected chi connectivity index (χ0v) is 11.6. The van der Waals surface area contributed by atoms with Gasteiger partial charge in [0.25, 0.3) is 0 Å². The van der Waals surface area contributed by atoms with Crippen molar-refractivity contribution >= 4 is 0 Å². The Morgan fingerprint density at radius 3 is 2.15 bits per heavy atom. The highest BCUT2D eigenvalue weighted by Gasteiger charge is 2.35. The fraction of sp³-hybridized carbons (Fsp3) is 0.263. The molecule has 3 aliphatic heterocycles. The van der Waals surface area contributed by atoms with Crippen molar-refractivity contribution in [2.75, 3.05) is 13.1 Å². The molecule has 2 bridgehead atoms. The molecule has 100 valence electrons. The third kappa shape index (κ3) is 2.16. The molecule has 0 spiro atoms. The Morgan fingerprint density at radius 1 is 0.750 bits per heavy atom. The van der Waals surface area contributed by atoms with Crippen LogP contribution in [0.5, 0.6) is 0 Å². The van der Waals surface area contributed by atoms with Crippen molar-refractivity contribution in [3.05, 3.63) is 72.6 Å². The normalized spacial score (nSPS) is 25.8. The van der Waals surface area contributed by atoms with Crippen molar-refractivity contribution in [3.8, 4) is 11.1 Å². The van der Waals surface area contributed by atoms with Crippen LogP contribution in [0.3, 0.4) is 0 Å². The van der Waals surface area contributed by atoms with Gasteiger partial charge in [-0.05, 0) is 48.5 Å². The molecule has 0 aromatic heterocycles. The first-order valence-corrected chi connectivity index (χ1v) is 7.52. The molecule has 3 saturated heterocycles. The number of fused-ring (bicyclic) bond motifs is 3. The number of nitrogens with zero attached hydrogens (tertiary/aromatic N) is 1. The van der Waals surface area contributed by atoms with Gasteiger partial charge in [0.05, 0.1) is 0 Å². The van der Waals surface area contributed by atoms with Crippen LogP contribution >= 0.6 is 0 Å². The smallest absolute Gasteiger partial charge is 0.0369 e. The summed E-state index contributed by atoms with van der Waals surface area (Å²) in [6.07, 6.45) is 2.64. The Morgan fingerprint density at radius 2 is 1.45 bits per heavy atom. The van der Waals surface area contributed by atoms with Gasteiger partial charge in [-0.25, -0.2) is 0 Å². The van der Waals surface area contributed by atoms with Crippen LogP contribution in [0.25, 0.3) is 11.1 Å². The standard InChI is InChI=1S/C19H19N/c1-2-5-15(6-3-1)17-7-4-8-18(13-17)19-14-20-11-9-16(19)10-12-20/h1-8,13-14,16H,9-12H2. The van der Waals surface area contributed by atoms with Crippen molar-refractivity contribution in [3.63, 3.8) is 0 Å². The summed E-state index contributed by atoms with van der Waals surface area (Å²) in [5.74, 6) is 2.31. The fourth-order valence-electron chi connectivity index (χ4n) is 3.46. The molecule has 3 heterocycles. The predicted molar refractivity (Wildman–Crippen MR) is 82.8 cm³/mol. The van der Waals surface area contributed by atoms with E-state index in [1.54, 1.807) is 5.92 Å². The molecule has 2 radical (unpaired) electrons. The topological polar surface area (TPSA) is 3.24 Å². The molecule has 1 nitrogen and oxygen atoms in total.